The lowest BCUT2D eigenvalue weighted by Gasteiger charge is -2.10. The van der Waals surface area contributed by atoms with Gasteiger partial charge in [0.2, 0.25) is 17.7 Å². The fraction of sp³-hybridized carbons (Fsp3) is 0.158. The number of nitrogens with zero attached hydrogens (tertiary/aromatic N) is 3. The molecule has 0 radical (unpaired) electrons. The maximum absolute atomic E-state index is 11.9. The predicted octanol–water partition coefficient (Wildman–Crippen LogP) is 3.76. The molecule has 0 saturated carbocycles. The lowest BCUT2D eigenvalue weighted by atomic mass is 10.2. The minimum Gasteiger partial charge on any atom is -0.463 e. The van der Waals surface area contributed by atoms with E-state index in [1.807, 2.05) is 62.4 Å². The molecule has 26 heavy (non-hydrogen) atoms. The molecule has 0 aliphatic heterocycles. The van der Waals surface area contributed by atoms with Crippen LogP contribution < -0.4 is 10.6 Å². The van der Waals surface area contributed by atoms with E-state index >= 15 is 0 Å². The van der Waals surface area contributed by atoms with Crippen LogP contribution in [0.3, 0.4) is 0 Å². The minimum absolute atomic E-state index is 0.0761. The number of carbonyl (C=O) groups excluding carboxylic acids is 1. The van der Waals surface area contributed by atoms with Gasteiger partial charge in [0.1, 0.15) is 0 Å². The highest BCUT2D eigenvalue weighted by molar-refractivity contribution is 5.85. The van der Waals surface area contributed by atoms with Crippen molar-refractivity contribution in [1.82, 2.24) is 15.0 Å². The Morgan fingerprint density at radius 1 is 0.846 bits per heavy atom. The number of rotatable bonds is 5. The molecule has 3 aromatic rings. The van der Waals surface area contributed by atoms with Crippen molar-refractivity contribution in [3.05, 3.63) is 65.5 Å². The average molecular weight is 349 g/mol. The number of hydrogen-bond acceptors (Lipinski definition) is 7. The number of hydrogen-bond donors (Lipinski definition) is 2. The summed E-state index contributed by atoms with van der Waals surface area (Å²) in [7, 11) is 1.29. The summed E-state index contributed by atoms with van der Waals surface area (Å²) in [6, 6.07) is 15.5. The number of esters is 1. The Hall–Kier alpha value is -3.48. The molecule has 1 heterocycles. The van der Waals surface area contributed by atoms with Crippen molar-refractivity contribution >= 4 is 29.2 Å². The highest BCUT2D eigenvalue weighted by atomic mass is 16.5. The first kappa shape index (κ1) is 17.3. The SMILES string of the molecule is COC(=O)c1nc(Nc2cccc(C)c2)nc(Nc2cccc(C)c2)n1. The van der Waals surface area contributed by atoms with E-state index in [1.54, 1.807) is 0 Å². The predicted molar refractivity (Wildman–Crippen MR) is 100 cm³/mol. The van der Waals surface area contributed by atoms with Gasteiger partial charge in [-0.3, -0.25) is 0 Å². The second-order valence-electron chi connectivity index (χ2n) is 5.79. The lowest BCUT2D eigenvalue weighted by Crippen LogP contribution is -2.13. The van der Waals surface area contributed by atoms with Gasteiger partial charge in [-0.25, -0.2) is 4.79 Å². The molecule has 0 aliphatic rings. The van der Waals surface area contributed by atoms with Gasteiger partial charge in [0.25, 0.3) is 0 Å². The molecule has 0 bridgehead atoms. The summed E-state index contributed by atoms with van der Waals surface area (Å²) in [5.41, 5.74) is 3.81. The van der Waals surface area contributed by atoms with Crippen LogP contribution in [-0.2, 0) is 4.74 Å². The van der Waals surface area contributed by atoms with Gasteiger partial charge in [-0.2, -0.15) is 15.0 Å². The number of methoxy groups -OCH3 is 1. The highest BCUT2D eigenvalue weighted by Gasteiger charge is 2.14. The summed E-state index contributed by atoms with van der Waals surface area (Å²) in [4.78, 5) is 24.5. The van der Waals surface area contributed by atoms with Crippen LogP contribution in [0.4, 0.5) is 23.3 Å². The van der Waals surface area contributed by atoms with Crippen LogP contribution in [0.5, 0.6) is 0 Å². The zero-order valence-electron chi connectivity index (χ0n) is 14.8. The number of nitrogens with one attached hydrogen (secondary N) is 2. The maximum Gasteiger partial charge on any atom is 0.376 e. The zero-order chi connectivity index (χ0) is 18.5. The third-order valence-electron chi connectivity index (χ3n) is 3.55. The Morgan fingerprint density at radius 2 is 1.35 bits per heavy atom. The molecule has 0 atom stereocenters. The molecule has 3 rings (SSSR count). The Labute approximate surface area is 151 Å². The van der Waals surface area contributed by atoms with Gasteiger partial charge in [0, 0.05) is 11.4 Å². The van der Waals surface area contributed by atoms with Crippen molar-refractivity contribution in [2.45, 2.75) is 13.8 Å². The molecule has 0 unspecified atom stereocenters. The van der Waals surface area contributed by atoms with Crippen LogP contribution >= 0.6 is 0 Å². The molecule has 2 aromatic carbocycles. The third-order valence-corrected chi connectivity index (χ3v) is 3.55. The summed E-state index contributed by atoms with van der Waals surface area (Å²) in [5, 5.41) is 6.18. The van der Waals surface area contributed by atoms with Gasteiger partial charge < -0.3 is 15.4 Å². The van der Waals surface area contributed by atoms with Crippen molar-refractivity contribution in [2.24, 2.45) is 0 Å². The molecule has 7 heteroatoms. The molecule has 0 fully saturated rings. The van der Waals surface area contributed by atoms with Crippen molar-refractivity contribution in [2.75, 3.05) is 17.7 Å². The molecule has 0 saturated heterocycles. The molecule has 0 aliphatic carbocycles. The van der Waals surface area contributed by atoms with Crippen LogP contribution in [0.1, 0.15) is 21.7 Å². The highest BCUT2D eigenvalue weighted by Crippen LogP contribution is 2.19. The first-order valence-electron chi connectivity index (χ1n) is 8.05. The second-order valence-corrected chi connectivity index (χ2v) is 5.79. The Bertz CT molecular complexity index is 877. The molecular formula is C19H19N5O2. The van der Waals surface area contributed by atoms with Crippen molar-refractivity contribution < 1.29 is 9.53 Å². The zero-order valence-corrected chi connectivity index (χ0v) is 14.8. The Morgan fingerprint density at radius 3 is 1.77 bits per heavy atom. The van der Waals surface area contributed by atoms with Crippen LogP contribution in [0.25, 0.3) is 0 Å². The minimum atomic E-state index is -0.632. The van der Waals surface area contributed by atoms with Gasteiger partial charge >= 0.3 is 5.97 Å². The van der Waals surface area contributed by atoms with Crippen LogP contribution in [-0.4, -0.2) is 28.0 Å². The van der Waals surface area contributed by atoms with E-state index in [0.717, 1.165) is 22.5 Å². The van der Waals surface area contributed by atoms with Crippen LogP contribution in [0, 0.1) is 13.8 Å². The van der Waals surface area contributed by atoms with Gasteiger partial charge in [0.15, 0.2) is 0 Å². The smallest absolute Gasteiger partial charge is 0.376 e. The van der Waals surface area contributed by atoms with Crippen molar-refractivity contribution in [3.63, 3.8) is 0 Å². The second kappa shape index (κ2) is 7.60. The number of aryl methyl sites for hydroxylation is 2. The molecule has 0 spiro atoms. The largest absolute Gasteiger partial charge is 0.463 e. The maximum atomic E-state index is 11.9. The van der Waals surface area contributed by atoms with Crippen molar-refractivity contribution in [3.8, 4) is 0 Å². The van der Waals surface area contributed by atoms with E-state index in [-0.39, 0.29) is 17.7 Å². The molecule has 2 N–H and O–H groups in total. The number of carbonyl (C=O) groups is 1. The third kappa shape index (κ3) is 4.32. The first-order valence-corrected chi connectivity index (χ1v) is 8.05. The number of anilines is 4. The van der Waals surface area contributed by atoms with Crippen molar-refractivity contribution in [1.29, 1.82) is 0 Å². The first-order chi connectivity index (χ1) is 12.5. The number of benzene rings is 2. The quantitative estimate of drug-likeness (QED) is 0.678. The van der Waals surface area contributed by atoms with E-state index in [4.69, 9.17) is 4.74 Å². The van der Waals surface area contributed by atoms with E-state index < -0.39 is 5.97 Å². The number of aromatic nitrogens is 3. The molecule has 1 aromatic heterocycles. The van der Waals surface area contributed by atoms with Crippen LogP contribution in [0.15, 0.2) is 48.5 Å². The standard InChI is InChI=1S/C19H19N5O2/c1-12-6-4-8-14(10-12)20-18-22-16(17(25)26-3)23-19(24-18)21-15-9-5-7-13(2)11-15/h4-11H,1-3H3,(H2,20,21,22,23,24). The van der Waals surface area contributed by atoms with E-state index in [2.05, 4.69) is 25.6 Å². The summed E-state index contributed by atoms with van der Waals surface area (Å²) < 4.78 is 4.74. The topological polar surface area (TPSA) is 89.0 Å². The van der Waals surface area contributed by atoms with Gasteiger partial charge in [-0.05, 0) is 49.2 Å². The summed E-state index contributed by atoms with van der Waals surface area (Å²) >= 11 is 0. The van der Waals surface area contributed by atoms with Gasteiger partial charge in [-0.15, -0.1) is 0 Å². The summed E-state index contributed by atoms with van der Waals surface area (Å²) in [5.74, 6) is -0.206. The average Bonchev–Trinajstić information content (AvgIpc) is 2.61. The van der Waals surface area contributed by atoms with E-state index in [9.17, 15) is 4.79 Å². The van der Waals surface area contributed by atoms with Gasteiger partial charge in [0.05, 0.1) is 7.11 Å². The fourth-order valence-electron chi connectivity index (χ4n) is 2.37. The number of ether oxygens (including phenoxy) is 1. The monoisotopic (exact) mass is 349 g/mol. The molecule has 0 amide bonds. The van der Waals surface area contributed by atoms with E-state index in [1.165, 1.54) is 7.11 Å². The lowest BCUT2D eigenvalue weighted by molar-refractivity contribution is 0.0586. The van der Waals surface area contributed by atoms with Crippen LogP contribution in [0.2, 0.25) is 0 Å². The Kier molecular flexibility index (Phi) is 5.07. The molecule has 7 nitrogen and oxygen atoms in total. The summed E-state index contributed by atoms with van der Waals surface area (Å²) in [6.45, 7) is 3.98. The molecule has 132 valence electrons. The molecular weight excluding hydrogens is 330 g/mol. The summed E-state index contributed by atoms with van der Waals surface area (Å²) in [6.07, 6.45) is 0. The van der Waals surface area contributed by atoms with Gasteiger partial charge in [-0.1, -0.05) is 24.3 Å². The van der Waals surface area contributed by atoms with E-state index in [0.29, 0.717) is 0 Å². The fourth-order valence-corrected chi connectivity index (χ4v) is 2.37. The normalized spacial score (nSPS) is 10.3. The Balaban J connectivity index is 1.94.